The molecule has 1 aliphatic carbocycles. The van der Waals surface area contributed by atoms with Crippen molar-refractivity contribution < 1.29 is 17.9 Å². The van der Waals surface area contributed by atoms with Gasteiger partial charge in [-0.15, -0.1) is 0 Å². The van der Waals surface area contributed by atoms with E-state index < -0.39 is 41.2 Å². The van der Waals surface area contributed by atoms with Gasteiger partial charge >= 0.3 is 6.18 Å². The summed E-state index contributed by atoms with van der Waals surface area (Å²) >= 11 is 11.7. The van der Waals surface area contributed by atoms with Crippen molar-refractivity contribution in [1.29, 1.82) is 5.26 Å². The van der Waals surface area contributed by atoms with E-state index in [0.717, 1.165) is 4.57 Å². The highest BCUT2D eigenvalue weighted by Gasteiger charge is 2.39. The second-order valence-corrected chi connectivity index (χ2v) is 8.38. The van der Waals surface area contributed by atoms with E-state index in [-0.39, 0.29) is 33.8 Å². The minimum Gasteiger partial charge on any atom is -0.449 e. The number of hydrogen-bond donors (Lipinski definition) is 1. The summed E-state index contributed by atoms with van der Waals surface area (Å²) < 4.78 is 46.7. The third-order valence-electron chi connectivity index (χ3n) is 4.94. The van der Waals surface area contributed by atoms with Gasteiger partial charge in [0.25, 0.3) is 11.1 Å². The number of nitrogens with one attached hydrogen (secondary N) is 1. The summed E-state index contributed by atoms with van der Waals surface area (Å²) in [6.45, 7) is -0.446. The first-order chi connectivity index (χ1) is 17.0. The molecule has 3 aromatic rings. The van der Waals surface area contributed by atoms with E-state index in [9.17, 15) is 22.8 Å². The van der Waals surface area contributed by atoms with Gasteiger partial charge in [0, 0.05) is 29.4 Å². The first-order valence-corrected chi connectivity index (χ1v) is 10.8. The summed E-state index contributed by atoms with van der Waals surface area (Å²) in [5, 5.41) is 9.54. The van der Waals surface area contributed by atoms with Gasteiger partial charge in [-0.2, -0.15) is 18.4 Å². The van der Waals surface area contributed by atoms with Gasteiger partial charge < -0.3 is 9.72 Å². The van der Waals surface area contributed by atoms with Gasteiger partial charge in [-0.05, 0) is 24.3 Å². The maximum Gasteiger partial charge on any atom is 0.437 e. The fourth-order valence-corrected chi connectivity index (χ4v) is 3.64. The van der Waals surface area contributed by atoms with E-state index in [4.69, 9.17) is 33.2 Å². The molecule has 36 heavy (non-hydrogen) atoms. The Hall–Kier alpha value is -3.95. The van der Waals surface area contributed by atoms with Crippen molar-refractivity contribution >= 4 is 23.2 Å². The second-order valence-electron chi connectivity index (χ2n) is 7.51. The number of nitrogens with zero attached hydrogens (tertiary/aromatic N) is 5. The smallest absolute Gasteiger partial charge is 0.437 e. The molecule has 1 unspecified atom stereocenters. The number of nitriles is 1. The number of rotatable bonds is 5. The van der Waals surface area contributed by atoms with Gasteiger partial charge in [-0.25, -0.2) is 15.0 Å². The SMILES string of the molecule is N#CC1C=C(Oc2c(C(F)(F)F)ncn(Cc3cnc(-c4ccc(Cl)nc4)[nH]c3=O)c2=O)C=C(Cl)C1. The number of halogens is 5. The van der Waals surface area contributed by atoms with Crippen LogP contribution in [-0.2, 0) is 12.7 Å². The van der Waals surface area contributed by atoms with Crippen molar-refractivity contribution in [2.24, 2.45) is 5.92 Å². The van der Waals surface area contributed by atoms with Gasteiger partial charge in [0.1, 0.15) is 16.7 Å². The Bertz CT molecular complexity index is 1540. The van der Waals surface area contributed by atoms with Crippen LogP contribution in [0.4, 0.5) is 13.2 Å². The number of pyridine rings is 1. The standard InChI is InChI=1S/C22H13Cl2F3N6O3/c23-14-3-11(6-28)4-15(5-14)36-17-18(22(25,26)27)31-10-33(21(17)35)9-13-8-30-19(32-20(13)34)12-1-2-16(24)29-7-12/h1-2,4-5,7-8,10-11H,3,9H2,(H,30,32,34). The Morgan fingerprint density at radius 1 is 1.19 bits per heavy atom. The highest BCUT2D eigenvalue weighted by molar-refractivity contribution is 6.30. The van der Waals surface area contributed by atoms with E-state index in [1.807, 2.05) is 6.07 Å². The summed E-state index contributed by atoms with van der Waals surface area (Å²) in [7, 11) is 0. The number of aromatic nitrogens is 5. The third kappa shape index (κ3) is 5.48. The molecule has 0 aliphatic heterocycles. The first kappa shape index (κ1) is 25.2. The van der Waals surface area contributed by atoms with Crippen LogP contribution >= 0.6 is 23.2 Å². The molecule has 1 aliphatic rings. The van der Waals surface area contributed by atoms with Gasteiger partial charge in [-0.1, -0.05) is 23.2 Å². The molecule has 14 heteroatoms. The molecule has 1 N–H and O–H groups in total. The maximum absolute atomic E-state index is 13.6. The topological polar surface area (TPSA) is 127 Å². The normalized spacial score (nSPS) is 15.6. The van der Waals surface area contributed by atoms with Crippen molar-refractivity contribution in [2.45, 2.75) is 19.1 Å². The van der Waals surface area contributed by atoms with Crippen LogP contribution in [0.15, 0.2) is 63.4 Å². The van der Waals surface area contributed by atoms with Crippen LogP contribution in [0, 0.1) is 17.2 Å². The molecule has 0 saturated heterocycles. The van der Waals surface area contributed by atoms with Gasteiger partial charge in [0.05, 0.1) is 30.4 Å². The molecule has 0 saturated carbocycles. The molecular formula is C22H13Cl2F3N6O3. The third-order valence-corrected chi connectivity index (χ3v) is 5.43. The zero-order valence-corrected chi connectivity index (χ0v) is 19.4. The Kier molecular flexibility index (Phi) is 6.96. The Balaban J connectivity index is 1.70. The van der Waals surface area contributed by atoms with Crippen LogP contribution in [0.1, 0.15) is 17.7 Å². The van der Waals surface area contributed by atoms with Crippen LogP contribution in [0.2, 0.25) is 5.15 Å². The van der Waals surface area contributed by atoms with Gasteiger partial charge in [-0.3, -0.25) is 14.2 Å². The van der Waals surface area contributed by atoms with Gasteiger partial charge in [0.2, 0.25) is 5.75 Å². The zero-order chi connectivity index (χ0) is 26.0. The van der Waals surface area contributed by atoms with Crippen LogP contribution in [-0.4, -0.2) is 24.5 Å². The van der Waals surface area contributed by atoms with E-state index in [1.54, 1.807) is 6.07 Å². The van der Waals surface area contributed by atoms with E-state index in [1.165, 1.54) is 30.6 Å². The van der Waals surface area contributed by atoms with Crippen LogP contribution in [0.25, 0.3) is 11.4 Å². The number of hydrogen-bond acceptors (Lipinski definition) is 7. The lowest BCUT2D eigenvalue weighted by molar-refractivity contribution is -0.142. The predicted octanol–water partition coefficient (Wildman–Crippen LogP) is 4.04. The fourth-order valence-electron chi connectivity index (χ4n) is 3.25. The lowest BCUT2D eigenvalue weighted by Crippen LogP contribution is -2.29. The number of ether oxygens (including phenoxy) is 1. The van der Waals surface area contributed by atoms with Crippen molar-refractivity contribution in [3.8, 4) is 23.2 Å². The predicted molar refractivity (Wildman–Crippen MR) is 122 cm³/mol. The second kappa shape index (κ2) is 9.96. The molecule has 0 aromatic carbocycles. The molecule has 0 spiro atoms. The van der Waals surface area contributed by atoms with E-state index in [2.05, 4.69) is 19.9 Å². The average Bonchev–Trinajstić information content (AvgIpc) is 2.82. The highest BCUT2D eigenvalue weighted by atomic mass is 35.5. The minimum absolute atomic E-state index is 0.0281. The molecule has 0 amide bonds. The van der Waals surface area contributed by atoms with Crippen LogP contribution in [0.5, 0.6) is 5.75 Å². The summed E-state index contributed by atoms with van der Waals surface area (Å²) in [6, 6.07) is 5.01. The summed E-state index contributed by atoms with van der Waals surface area (Å²) in [6.07, 6.45) is 0.838. The van der Waals surface area contributed by atoms with Gasteiger partial charge in [0.15, 0.2) is 5.69 Å². The summed E-state index contributed by atoms with van der Waals surface area (Å²) in [5.41, 5.74) is -2.96. The molecule has 0 fully saturated rings. The monoisotopic (exact) mass is 536 g/mol. The molecule has 0 radical (unpaired) electrons. The summed E-state index contributed by atoms with van der Waals surface area (Å²) in [4.78, 5) is 39.4. The lowest BCUT2D eigenvalue weighted by atomic mass is 10.0. The van der Waals surface area contributed by atoms with E-state index in [0.29, 0.717) is 11.9 Å². The average molecular weight is 537 g/mol. The number of allylic oxidation sites excluding steroid dienone is 3. The van der Waals surface area contributed by atoms with Crippen molar-refractivity contribution in [3.63, 3.8) is 0 Å². The molecule has 4 rings (SSSR count). The molecule has 1 atom stereocenters. The molecule has 9 nitrogen and oxygen atoms in total. The molecular weight excluding hydrogens is 524 g/mol. The Morgan fingerprint density at radius 2 is 1.97 bits per heavy atom. The molecule has 0 bridgehead atoms. The Labute approximate surface area is 210 Å². The largest absolute Gasteiger partial charge is 0.449 e. The molecule has 3 aromatic heterocycles. The van der Waals surface area contributed by atoms with Crippen molar-refractivity contribution in [2.75, 3.05) is 0 Å². The maximum atomic E-state index is 13.6. The zero-order valence-electron chi connectivity index (χ0n) is 17.9. The number of alkyl halides is 3. The van der Waals surface area contributed by atoms with Crippen molar-refractivity contribution in [3.05, 3.63) is 90.9 Å². The first-order valence-electron chi connectivity index (χ1n) is 10.1. The van der Waals surface area contributed by atoms with Crippen LogP contribution < -0.4 is 15.9 Å². The van der Waals surface area contributed by atoms with Crippen molar-refractivity contribution in [1.82, 2.24) is 24.5 Å². The molecule has 184 valence electrons. The fraction of sp³-hybridized carbons (Fsp3) is 0.182. The minimum atomic E-state index is -5.02. The quantitative estimate of drug-likeness (QED) is 0.487. The molecule has 3 heterocycles. The summed E-state index contributed by atoms with van der Waals surface area (Å²) in [5.74, 6) is -1.90. The lowest BCUT2D eigenvalue weighted by Gasteiger charge is -2.17. The Morgan fingerprint density at radius 3 is 2.61 bits per heavy atom. The van der Waals surface area contributed by atoms with Crippen LogP contribution in [0.3, 0.4) is 0 Å². The van der Waals surface area contributed by atoms with E-state index >= 15 is 0 Å². The number of aromatic amines is 1. The number of H-pyrrole nitrogens is 1. The highest BCUT2D eigenvalue weighted by Crippen LogP contribution is 2.34.